The third kappa shape index (κ3) is 3.88. The largest absolute Gasteiger partial charge is 0.478 e. The topological polar surface area (TPSA) is 110 Å². The Morgan fingerprint density at radius 3 is 2.27 bits per heavy atom. The lowest BCUT2D eigenvalue weighted by Gasteiger charge is -2.35. The number of methoxy groups -OCH3 is 1. The number of hydrogen-bond acceptors (Lipinski definition) is 6. The predicted molar refractivity (Wildman–Crippen MR) is 90.9 cm³/mol. The van der Waals surface area contributed by atoms with Crippen molar-refractivity contribution < 1.29 is 34.1 Å². The number of carbonyl (C=O) groups is 3. The lowest BCUT2D eigenvalue weighted by Crippen LogP contribution is -2.46. The van der Waals surface area contributed by atoms with Crippen LogP contribution in [0, 0.1) is 17.8 Å². The molecule has 0 aromatic heterocycles. The van der Waals surface area contributed by atoms with E-state index >= 15 is 0 Å². The van der Waals surface area contributed by atoms with Crippen LogP contribution in [0.15, 0.2) is 30.3 Å². The maximum Gasteiger partial charge on any atom is 0.353 e. The highest BCUT2D eigenvalue weighted by Crippen LogP contribution is 2.49. The van der Waals surface area contributed by atoms with Crippen molar-refractivity contribution in [3.8, 4) is 0 Å². The van der Waals surface area contributed by atoms with E-state index in [0.717, 1.165) is 0 Å². The van der Waals surface area contributed by atoms with Crippen molar-refractivity contribution in [2.75, 3.05) is 13.7 Å². The smallest absolute Gasteiger partial charge is 0.353 e. The number of esters is 2. The van der Waals surface area contributed by atoms with Gasteiger partial charge in [-0.3, -0.25) is 9.59 Å². The van der Waals surface area contributed by atoms with Crippen LogP contribution < -0.4 is 0 Å². The van der Waals surface area contributed by atoms with Crippen LogP contribution in [0.2, 0.25) is 0 Å². The van der Waals surface area contributed by atoms with Crippen LogP contribution in [0.4, 0.5) is 0 Å². The number of benzene rings is 1. The van der Waals surface area contributed by atoms with Gasteiger partial charge >= 0.3 is 17.9 Å². The van der Waals surface area contributed by atoms with Crippen molar-refractivity contribution in [3.63, 3.8) is 0 Å². The van der Waals surface area contributed by atoms with E-state index in [1.165, 1.54) is 14.0 Å². The lowest BCUT2D eigenvalue weighted by molar-refractivity contribution is -0.187. The van der Waals surface area contributed by atoms with Crippen molar-refractivity contribution in [2.24, 2.45) is 17.8 Å². The van der Waals surface area contributed by atoms with Gasteiger partial charge in [-0.25, -0.2) is 4.79 Å². The van der Waals surface area contributed by atoms with Gasteiger partial charge in [0.05, 0.1) is 7.11 Å². The molecule has 2 N–H and O–H groups in total. The first-order valence-electron chi connectivity index (χ1n) is 8.51. The summed E-state index contributed by atoms with van der Waals surface area (Å²) in [5, 5.41) is 19.7. The Bertz CT molecular complexity index is 657. The molecule has 1 aliphatic carbocycles. The average molecular weight is 364 g/mol. The minimum Gasteiger partial charge on any atom is -0.478 e. The van der Waals surface area contributed by atoms with Gasteiger partial charge in [0.25, 0.3) is 0 Å². The molecule has 26 heavy (non-hydrogen) atoms. The summed E-state index contributed by atoms with van der Waals surface area (Å²) in [6, 6.07) is 8.33. The van der Waals surface area contributed by atoms with Crippen LogP contribution in [-0.4, -0.2) is 41.8 Å². The first kappa shape index (κ1) is 19.9. The van der Waals surface area contributed by atoms with E-state index in [9.17, 15) is 24.6 Å². The normalized spacial score (nSPS) is 24.5. The molecule has 4 atom stereocenters. The van der Waals surface area contributed by atoms with Crippen molar-refractivity contribution in [3.05, 3.63) is 35.9 Å². The fraction of sp³-hybridized carbons (Fsp3) is 0.526. The summed E-state index contributed by atoms with van der Waals surface area (Å²) in [5.41, 5.74) is -1.49. The maximum atomic E-state index is 12.3. The summed E-state index contributed by atoms with van der Waals surface area (Å²) in [7, 11) is 1.28. The van der Waals surface area contributed by atoms with Gasteiger partial charge in [0.15, 0.2) is 0 Å². The second-order valence-corrected chi connectivity index (χ2v) is 6.65. The fourth-order valence-electron chi connectivity index (χ4n) is 3.95. The third-order valence-electron chi connectivity index (χ3n) is 5.13. The molecule has 4 unspecified atom stereocenters. The quantitative estimate of drug-likeness (QED) is 0.709. The van der Waals surface area contributed by atoms with Crippen LogP contribution in [0.25, 0.3) is 0 Å². The second-order valence-electron chi connectivity index (χ2n) is 6.65. The number of carbonyl (C=O) groups excluding carboxylic acids is 2. The highest BCUT2D eigenvalue weighted by atomic mass is 16.6. The number of hydrogen-bond donors (Lipinski definition) is 2. The predicted octanol–water partition coefficient (Wildman–Crippen LogP) is 1.73. The van der Waals surface area contributed by atoms with Crippen LogP contribution in [0.3, 0.4) is 0 Å². The lowest BCUT2D eigenvalue weighted by atomic mass is 9.79. The molecule has 0 bridgehead atoms. The SMILES string of the molecule is COC(=O)CC1CC(C(OC(C)=O)(C(=O)O)c2ccccc2)CC1CO. The molecule has 1 aliphatic rings. The molecular formula is C19H24O7. The Hall–Kier alpha value is -2.41. The summed E-state index contributed by atoms with van der Waals surface area (Å²) in [6.07, 6.45) is 0.740. The van der Waals surface area contributed by atoms with Gasteiger partial charge in [-0.15, -0.1) is 0 Å². The number of carboxylic acid groups (broad SMARTS) is 1. The van der Waals surface area contributed by atoms with E-state index in [4.69, 9.17) is 9.47 Å². The molecule has 7 heteroatoms. The van der Waals surface area contributed by atoms with E-state index in [2.05, 4.69) is 0 Å². The van der Waals surface area contributed by atoms with E-state index in [1.807, 2.05) is 0 Å². The van der Waals surface area contributed by atoms with Gasteiger partial charge in [-0.05, 0) is 24.7 Å². The zero-order valence-corrected chi connectivity index (χ0v) is 14.9. The molecule has 7 nitrogen and oxygen atoms in total. The molecule has 0 saturated heterocycles. The maximum absolute atomic E-state index is 12.3. The van der Waals surface area contributed by atoms with E-state index in [-0.39, 0.29) is 24.9 Å². The minimum atomic E-state index is -1.86. The van der Waals surface area contributed by atoms with Crippen molar-refractivity contribution in [2.45, 2.75) is 31.8 Å². The summed E-state index contributed by atoms with van der Waals surface area (Å²) < 4.78 is 10.1. The summed E-state index contributed by atoms with van der Waals surface area (Å²) in [6.45, 7) is 0.994. The Balaban J connectivity index is 2.44. The monoisotopic (exact) mass is 364 g/mol. The number of aliphatic hydroxyl groups is 1. The molecule has 1 aromatic rings. The summed E-state index contributed by atoms with van der Waals surface area (Å²) in [4.78, 5) is 35.7. The molecule has 0 radical (unpaired) electrons. The Labute approximate surface area is 151 Å². The molecule has 0 spiro atoms. The minimum absolute atomic E-state index is 0.0861. The standard InChI is InChI=1S/C19H24O7/c1-12(21)26-19(18(23)24,15-6-4-3-5-7-15)16-8-13(10-17(22)25-2)14(9-16)11-20/h3-7,13-14,16,20H,8-11H2,1-2H3,(H,23,24). The Kier molecular flexibility index (Phi) is 6.37. The van der Waals surface area contributed by atoms with Gasteiger partial charge in [-0.2, -0.15) is 0 Å². The van der Waals surface area contributed by atoms with Gasteiger partial charge in [0.2, 0.25) is 5.60 Å². The molecule has 1 fully saturated rings. The van der Waals surface area contributed by atoms with Crippen molar-refractivity contribution in [1.29, 1.82) is 0 Å². The third-order valence-corrected chi connectivity index (χ3v) is 5.13. The van der Waals surface area contributed by atoms with Gasteiger partial charge in [0, 0.05) is 31.4 Å². The van der Waals surface area contributed by atoms with Crippen LogP contribution in [0.1, 0.15) is 31.7 Å². The van der Waals surface area contributed by atoms with Gasteiger partial charge in [-0.1, -0.05) is 30.3 Å². The summed E-state index contributed by atoms with van der Waals surface area (Å²) in [5.74, 6) is -3.46. The van der Waals surface area contributed by atoms with E-state index < -0.39 is 29.4 Å². The van der Waals surface area contributed by atoms with E-state index in [1.54, 1.807) is 30.3 Å². The second kappa shape index (κ2) is 8.31. The number of rotatable bonds is 7. The fourth-order valence-corrected chi connectivity index (χ4v) is 3.95. The molecular weight excluding hydrogens is 340 g/mol. The van der Waals surface area contributed by atoms with Crippen LogP contribution in [-0.2, 0) is 29.5 Å². The van der Waals surface area contributed by atoms with E-state index in [0.29, 0.717) is 18.4 Å². The first-order chi connectivity index (χ1) is 12.3. The number of ether oxygens (including phenoxy) is 2. The molecule has 1 aromatic carbocycles. The zero-order valence-electron chi connectivity index (χ0n) is 14.9. The molecule has 0 amide bonds. The van der Waals surface area contributed by atoms with Gasteiger partial charge in [0.1, 0.15) is 0 Å². The first-order valence-corrected chi connectivity index (χ1v) is 8.51. The zero-order chi connectivity index (χ0) is 19.3. The Morgan fingerprint density at radius 1 is 1.15 bits per heavy atom. The van der Waals surface area contributed by atoms with Crippen molar-refractivity contribution >= 4 is 17.9 Å². The van der Waals surface area contributed by atoms with Gasteiger partial charge < -0.3 is 19.7 Å². The average Bonchev–Trinajstić information content (AvgIpc) is 3.02. The highest BCUT2D eigenvalue weighted by molar-refractivity contribution is 5.83. The summed E-state index contributed by atoms with van der Waals surface area (Å²) >= 11 is 0. The number of aliphatic hydroxyl groups excluding tert-OH is 1. The highest BCUT2D eigenvalue weighted by Gasteiger charge is 2.55. The molecule has 1 saturated carbocycles. The molecule has 2 rings (SSSR count). The van der Waals surface area contributed by atoms with Crippen molar-refractivity contribution in [1.82, 2.24) is 0 Å². The molecule has 0 heterocycles. The van der Waals surface area contributed by atoms with Crippen LogP contribution in [0.5, 0.6) is 0 Å². The number of aliphatic carboxylic acids is 1. The molecule has 0 aliphatic heterocycles. The number of carboxylic acids is 1. The van der Waals surface area contributed by atoms with Crippen LogP contribution >= 0.6 is 0 Å². The molecule has 142 valence electrons. The Morgan fingerprint density at radius 2 is 1.77 bits per heavy atom.